The Morgan fingerprint density at radius 2 is 2.24 bits per heavy atom. The number of hydrogen-bond acceptors (Lipinski definition) is 4. The van der Waals surface area contributed by atoms with E-state index in [1.807, 2.05) is 30.3 Å². The molecule has 1 amide bonds. The van der Waals surface area contributed by atoms with Gasteiger partial charge in [0, 0.05) is 19.1 Å². The summed E-state index contributed by atoms with van der Waals surface area (Å²) in [7, 11) is 0. The number of morpholine rings is 1. The van der Waals surface area contributed by atoms with Crippen LogP contribution in [0, 0.1) is 0 Å². The number of rotatable bonds is 4. The van der Waals surface area contributed by atoms with Gasteiger partial charge in [-0.15, -0.1) is 0 Å². The monoisotopic (exact) mass is 289 g/mol. The minimum atomic E-state index is -0.616. The molecule has 0 radical (unpaired) electrons. The van der Waals surface area contributed by atoms with E-state index in [1.165, 1.54) is 12.8 Å². The molecule has 2 heterocycles. The van der Waals surface area contributed by atoms with Gasteiger partial charge in [0.05, 0.1) is 12.7 Å². The predicted molar refractivity (Wildman–Crippen MR) is 80.7 cm³/mol. The van der Waals surface area contributed by atoms with Gasteiger partial charge in [0.25, 0.3) is 0 Å². The zero-order valence-corrected chi connectivity index (χ0v) is 12.2. The maximum atomic E-state index is 12.1. The van der Waals surface area contributed by atoms with E-state index < -0.39 is 6.04 Å². The summed E-state index contributed by atoms with van der Waals surface area (Å²) < 4.78 is 5.83. The van der Waals surface area contributed by atoms with Gasteiger partial charge in [-0.1, -0.05) is 30.3 Å². The van der Waals surface area contributed by atoms with Crippen LogP contribution < -0.4 is 11.1 Å². The van der Waals surface area contributed by atoms with E-state index in [2.05, 4.69) is 10.2 Å². The maximum Gasteiger partial charge on any atom is 0.241 e. The molecule has 21 heavy (non-hydrogen) atoms. The lowest BCUT2D eigenvalue weighted by molar-refractivity contribution is -0.124. The number of benzene rings is 1. The van der Waals surface area contributed by atoms with Crippen LogP contribution in [0.1, 0.15) is 24.4 Å². The highest BCUT2D eigenvalue weighted by atomic mass is 16.5. The summed E-state index contributed by atoms with van der Waals surface area (Å²) in [5.41, 5.74) is 6.81. The number of ether oxygens (including phenoxy) is 1. The normalized spacial score (nSPS) is 27.1. The molecule has 3 atom stereocenters. The van der Waals surface area contributed by atoms with E-state index in [1.54, 1.807) is 0 Å². The average molecular weight is 289 g/mol. The molecular weight excluding hydrogens is 266 g/mol. The highest BCUT2D eigenvalue weighted by molar-refractivity contribution is 5.82. The van der Waals surface area contributed by atoms with Gasteiger partial charge in [-0.05, 0) is 24.9 Å². The molecule has 0 saturated carbocycles. The van der Waals surface area contributed by atoms with Crippen LogP contribution in [-0.2, 0) is 9.53 Å². The van der Waals surface area contributed by atoms with Crippen LogP contribution in [-0.4, -0.2) is 49.2 Å². The van der Waals surface area contributed by atoms with Crippen LogP contribution in [0.3, 0.4) is 0 Å². The van der Waals surface area contributed by atoms with E-state index in [9.17, 15) is 4.79 Å². The molecule has 2 fully saturated rings. The highest BCUT2D eigenvalue weighted by Crippen LogP contribution is 2.22. The summed E-state index contributed by atoms with van der Waals surface area (Å²) in [6.45, 7) is 3.38. The lowest BCUT2D eigenvalue weighted by Gasteiger charge is -2.35. The van der Waals surface area contributed by atoms with Gasteiger partial charge in [0.1, 0.15) is 6.04 Å². The summed E-state index contributed by atoms with van der Waals surface area (Å²) in [5, 5.41) is 2.91. The van der Waals surface area contributed by atoms with Gasteiger partial charge in [0.2, 0.25) is 5.91 Å². The second kappa shape index (κ2) is 6.56. The standard InChI is InChI=1S/C16H23N3O2/c17-15(12-5-2-1-3-6-12)16(20)18-9-14-10-19-8-4-7-13(19)11-21-14/h1-3,5-6,13-15H,4,7-11,17H2,(H,18,20)/t13?,14?,15-/m1/s1. The Kier molecular flexibility index (Phi) is 4.53. The lowest BCUT2D eigenvalue weighted by Crippen LogP contribution is -2.50. The molecular formula is C16H23N3O2. The van der Waals surface area contributed by atoms with Gasteiger partial charge in [0.15, 0.2) is 0 Å². The minimum absolute atomic E-state index is 0.0753. The van der Waals surface area contributed by atoms with Gasteiger partial charge < -0.3 is 15.8 Å². The Bertz CT molecular complexity index is 480. The smallest absolute Gasteiger partial charge is 0.241 e. The van der Waals surface area contributed by atoms with Crippen molar-refractivity contribution in [3.05, 3.63) is 35.9 Å². The molecule has 1 aromatic rings. The fourth-order valence-electron chi connectivity index (χ4n) is 3.15. The van der Waals surface area contributed by atoms with E-state index in [0.717, 1.165) is 25.3 Å². The Morgan fingerprint density at radius 1 is 1.43 bits per heavy atom. The highest BCUT2D eigenvalue weighted by Gasteiger charge is 2.32. The zero-order chi connectivity index (χ0) is 14.7. The first kappa shape index (κ1) is 14.5. The number of fused-ring (bicyclic) bond motifs is 1. The molecule has 114 valence electrons. The van der Waals surface area contributed by atoms with Crippen molar-refractivity contribution in [3.8, 4) is 0 Å². The molecule has 1 aromatic carbocycles. The molecule has 2 aliphatic heterocycles. The molecule has 0 bridgehead atoms. The molecule has 0 spiro atoms. The number of nitrogens with zero attached hydrogens (tertiary/aromatic N) is 1. The van der Waals surface area contributed by atoms with Crippen LogP contribution >= 0.6 is 0 Å². The van der Waals surface area contributed by atoms with Crippen LogP contribution in [0.5, 0.6) is 0 Å². The number of carbonyl (C=O) groups is 1. The van der Waals surface area contributed by atoms with Crippen molar-refractivity contribution in [1.82, 2.24) is 10.2 Å². The summed E-state index contributed by atoms with van der Waals surface area (Å²) in [6.07, 6.45) is 2.57. The van der Waals surface area contributed by atoms with Gasteiger partial charge in [-0.3, -0.25) is 9.69 Å². The van der Waals surface area contributed by atoms with Gasteiger partial charge in [-0.2, -0.15) is 0 Å². The topological polar surface area (TPSA) is 67.6 Å². The van der Waals surface area contributed by atoms with Crippen molar-refractivity contribution in [2.45, 2.75) is 31.0 Å². The number of nitrogens with two attached hydrogens (primary N) is 1. The van der Waals surface area contributed by atoms with Crippen LogP contribution in [0.25, 0.3) is 0 Å². The summed E-state index contributed by atoms with van der Waals surface area (Å²) in [6, 6.07) is 9.40. The molecule has 2 saturated heterocycles. The Hall–Kier alpha value is -1.43. The second-order valence-electron chi connectivity index (χ2n) is 5.88. The quantitative estimate of drug-likeness (QED) is 0.855. The van der Waals surface area contributed by atoms with Crippen molar-refractivity contribution >= 4 is 5.91 Å². The van der Waals surface area contributed by atoms with Gasteiger partial charge >= 0.3 is 0 Å². The summed E-state index contributed by atoms with van der Waals surface area (Å²) in [5.74, 6) is -0.145. The molecule has 2 unspecified atom stereocenters. The lowest BCUT2D eigenvalue weighted by atomic mass is 10.1. The molecule has 0 aliphatic carbocycles. The third-order valence-corrected chi connectivity index (χ3v) is 4.41. The second-order valence-corrected chi connectivity index (χ2v) is 5.88. The average Bonchev–Trinajstić information content (AvgIpc) is 3.00. The van der Waals surface area contributed by atoms with E-state index in [-0.39, 0.29) is 12.0 Å². The minimum Gasteiger partial charge on any atom is -0.373 e. The first-order valence-electron chi connectivity index (χ1n) is 7.68. The van der Waals surface area contributed by atoms with Crippen LogP contribution in [0.4, 0.5) is 0 Å². The molecule has 0 aromatic heterocycles. The fraction of sp³-hybridized carbons (Fsp3) is 0.562. The summed E-state index contributed by atoms with van der Waals surface area (Å²) >= 11 is 0. The molecule has 5 heteroatoms. The Labute approximate surface area is 125 Å². The molecule has 3 rings (SSSR count). The number of nitrogens with one attached hydrogen (secondary N) is 1. The van der Waals surface area contributed by atoms with E-state index in [0.29, 0.717) is 12.6 Å². The summed E-state index contributed by atoms with van der Waals surface area (Å²) in [4.78, 5) is 14.6. The number of hydrogen-bond donors (Lipinski definition) is 2. The molecule has 2 aliphatic rings. The SMILES string of the molecule is N[C@@H](C(=O)NCC1CN2CCCC2CO1)c1ccccc1. The largest absolute Gasteiger partial charge is 0.373 e. The van der Waals surface area contributed by atoms with Gasteiger partial charge in [-0.25, -0.2) is 0 Å². The van der Waals surface area contributed by atoms with Crippen molar-refractivity contribution in [2.75, 3.05) is 26.2 Å². The first-order chi connectivity index (χ1) is 10.2. The van der Waals surface area contributed by atoms with Crippen molar-refractivity contribution in [3.63, 3.8) is 0 Å². The van der Waals surface area contributed by atoms with Crippen LogP contribution in [0.2, 0.25) is 0 Å². The molecule has 5 nitrogen and oxygen atoms in total. The third-order valence-electron chi connectivity index (χ3n) is 4.41. The van der Waals surface area contributed by atoms with E-state index >= 15 is 0 Å². The fourth-order valence-corrected chi connectivity index (χ4v) is 3.15. The maximum absolute atomic E-state index is 12.1. The Morgan fingerprint density at radius 3 is 3.05 bits per heavy atom. The third kappa shape index (κ3) is 3.43. The number of carbonyl (C=O) groups excluding carboxylic acids is 1. The van der Waals surface area contributed by atoms with Crippen molar-refractivity contribution < 1.29 is 9.53 Å². The van der Waals surface area contributed by atoms with Crippen molar-refractivity contribution in [1.29, 1.82) is 0 Å². The van der Waals surface area contributed by atoms with Crippen LogP contribution in [0.15, 0.2) is 30.3 Å². The number of amides is 1. The zero-order valence-electron chi connectivity index (χ0n) is 12.2. The van der Waals surface area contributed by atoms with Crippen molar-refractivity contribution in [2.24, 2.45) is 5.73 Å². The Balaban J connectivity index is 1.47. The van der Waals surface area contributed by atoms with E-state index in [4.69, 9.17) is 10.5 Å². The molecule has 3 N–H and O–H groups in total. The predicted octanol–water partition coefficient (Wildman–Crippen LogP) is 0.666. The first-order valence-corrected chi connectivity index (χ1v) is 7.68.